The summed E-state index contributed by atoms with van der Waals surface area (Å²) in [5.41, 5.74) is -2.08. The number of hydrogen-bond donors (Lipinski definition) is 3. The molecule has 1 aromatic rings. The second kappa shape index (κ2) is 6.19. The van der Waals surface area contributed by atoms with Crippen LogP contribution in [0.4, 0.5) is 17.6 Å². The van der Waals surface area contributed by atoms with Gasteiger partial charge in [0.25, 0.3) is 5.91 Å². The molecule has 0 saturated heterocycles. The molecular formula is C12H13F4NO3. The van der Waals surface area contributed by atoms with Crippen molar-refractivity contribution in [1.82, 2.24) is 5.32 Å². The molecule has 112 valence electrons. The van der Waals surface area contributed by atoms with E-state index in [1.54, 1.807) is 0 Å². The molecule has 0 atom stereocenters. The van der Waals surface area contributed by atoms with Crippen molar-refractivity contribution < 1.29 is 32.6 Å². The molecule has 1 amide bonds. The smallest absolute Gasteiger partial charge is 0.254 e. The van der Waals surface area contributed by atoms with Crippen molar-refractivity contribution in [2.75, 3.05) is 19.8 Å². The maximum atomic E-state index is 13.3. The van der Waals surface area contributed by atoms with E-state index >= 15 is 0 Å². The fraction of sp³-hybridized carbons (Fsp3) is 0.417. The highest BCUT2D eigenvalue weighted by atomic mass is 19.2. The Labute approximate surface area is 112 Å². The van der Waals surface area contributed by atoms with Crippen LogP contribution in [-0.4, -0.2) is 35.9 Å². The van der Waals surface area contributed by atoms with E-state index in [4.69, 9.17) is 10.2 Å². The lowest BCUT2D eigenvalue weighted by atomic mass is 9.93. The van der Waals surface area contributed by atoms with Gasteiger partial charge in [-0.1, -0.05) is 6.92 Å². The third kappa shape index (κ3) is 3.26. The Kier molecular flexibility index (Phi) is 5.07. The lowest BCUT2D eigenvalue weighted by Gasteiger charge is -2.24. The third-order valence-electron chi connectivity index (χ3n) is 2.79. The average Bonchev–Trinajstić information content (AvgIpc) is 2.45. The molecule has 20 heavy (non-hydrogen) atoms. The van der Waals surface area contributed by atoms with E-state index in [0.717, 1.165) is 0 Å². The molecule has 0 heterocycles. The Bertz CT molecular complexity index is 518. The van der Waals surface area contributed by atoms with Gasteiger partial charge in [0.1, 0.15) is 0 Å². The summed E-state index contributed by atoms with van der Waals surface area (Å²) in [6, 6.07) is 0.234. The number of aliphatic hydroxyl groups excluding tert-OH is 2. The van der Waals surface area contributed by atoms with Crippen LogP contribution in [0.5, 0.6) is 0 Å². The summed E-state index contributed by atoms with van der Waals surface area (Å²) >= 11 is 0. The molecule has 0 aromatic heterocycles. The molecule has 0 spiro atoms. The van der Waals surface area contributed by atoms with Gasteiger partial charge in [-0.25, -0.2) is 17.6 Å². The normalized spacial score (nSPS) is 11.6. The maximum Gasteiger partial charge on any atom is 0.254 e. The number of nitrogens with one attached hydrogen (secondary N) is 1. The van der Waals surface area contributed by atoms with Crippen molar-refractivity contribution in [2.24, 2.45) is 5.41 Å². The van der Waals surface area contributed by atoms with Crippen LogP contribution in [0.3, 0.4) is 0 Å². The lowest BCUT2D eigenvalue weighted by Crippen LogP contribution is -2.40. The monoisotopic (exact) mass is 295 g/mol. The van der Waals surface area contributed by atoms with Crippen LogP contribution < -0.4 is 5.32 Å². The minimum Gasteiger partial charge on any atom is -0.396 e. The summed E-state index contributed by atoms with van der Waals surface area (Å²) < 4.78 is 52.0. The molecule has 1 aromatic carbocycles. The van der Waals surface area contributed by atoms with Crippen molar-refractivity contribution in [3.63, 3.8) is 0 Å². The van der Waals surface area contributed by atoms with Gasteiger partial charge in [-0.3, -0.25) is 4.79 Å². The van der Waals surface area contributed by atoms with Gasteiger partial charge in [0.2, 0.25) is 0 Å². The lowest BCUT2D eigenvalue weighted by molar-refractivity contribution is 0.0644. The Balaban J connectivity index is 2.94. The molecular weight excluding hydrogens is 282 g/mol. The SMILES string of the molecule is CC(CO)(CO)CNC(=O)c1cc(F)c(F)c(F)c1F. The quantitative estimate of drug-likeness (QED) is 0.430. The Morgan fingerprint density at radius 3 is 2.20 bits per heavy atom. The fourth-order valence-electron chi connectivity index (χ4n) is 1.29. The average molecular weight is 295 g/mol. The Hall–Kier alpha value is -1.67. The summed E-state index contributed by atoms with van der Waals surface area (Å²) in [4.78, 5) is 11.6. The van der Waals surface area contributed by atoms with E-state index < -0.39 is 53.4 Å². The van der Waals surface area contributed by atoms with E-state index in [1.807, 2.05) is 0 Å². The fourth-order valence-corrected chi connectivity index (χ4v) is 1.29. The van der Waals surface area contributed by atoms with E-state index in [2.05, 4.69) is 5.32 Å². The topological polar surface area (TPSA) is 69.6 Å². The molecule has 0 radical (unpaired) electrons. The van der Waals surface area contributed by atoms with Gasteiger partial charge >= 0.3 is 0 Å². The summed E-state index contributed by atoms with van der Waals surface area (Å²) in [5, 5.41) is 20.1. The van der Waals surface area contributed by atoms with Crippen LogP contribution in [0.1, 0.15) is 17.3 Å². The van der Waals surface area contributed by atoms with Crippen LogP contribution in [0.25, 0.3) is 0 Å². The number of amides is 1. The zero-order chi connectivity index (χ0) is 15.5. The van der Waals surface area contributed by atoms with Crippen molar-refractivity contribution in [2.45, 2.75) is 6.92 Å². The molecule has 0 aliphatic rings. The van der Waals surface area contributed by atoms with Crippen molar-refractivity contribution in [3.8, 4) is 0 Å². The number of hydrogen-bond acceptors (Lipinski definition) is 3. The van der Waals surface area contributed by atoms with Crippen LogP contribution >= 0.6 is 0 Å². The number of carbonyl (C=O) groups is 1. The van der Waals surface area contributed by atoms with Crippen LogP contribution in [-0.2, 0) is 0 Å². The predicted octanol–water partition coefficient (Wildman–Crippen LogP) is 0.964. The first kappa shape index (κ1) is 16.4. The highest BCUT2D eigenvalue weighted by Gasteiger charge is 2.26. The van der Waals surface area contributed by atoms with Gasteiger partial charge in [-0.05, 0) is 6.07 Å². The molecule has 0 bridgehead atoms. The number of carbonyl (C=O) groups excluding carboxylic acids is 1. The molecule has 0 aliphatic heterocycles. The largest absolute Gasteiger partial charge is 0.396 e. The zero-order valence-electron chi connectivity index (χ0n) is 10.5. The first-order valence-corrected chi connectivity index (χ1v) is 5.58. The number of rotatable bonds is 5. The van der Waals surface area contributed by atoms with Crippen molar-refractivity contribution in [3.05, 3.63) is 34.9 Å². The minimum absolute atomic E-state index is 0.234. The highest BCUT2D eigenvalue weighted by Crippen LogP contribution is 2.19. The molecule has 0 saturated carbocycles. The van der Waals surface area contributed by atoms with Crippen molar-refractivity contribution in [1.29, 1.82) is 0 Å². The Morgan fingerprint density at radius 1 is 1.15 bits per heavy atom. The van der Waals surface area contributed by atoms with Gasteiger partial charge in [-0.2, -0.15) is 0 Å². The van der Waals surface area contributed by atoms with Gasteiger partial charge in [0.15, 0.2) is 23.3 Å². The van der Waals surface area contributed by atoms with Gasteiger partial charge in [-0.15, -0.1) is 0 Å². The van der Waals surface area contributed by atoms with Gasteiger partial charge < -0.3 is 15.5 Å². The highest BCUT2D eigenvalue weighted by molar-refractivity contribution is 5.94. The molecule has 0 aliphatic carbocycles. The third-order valence-corrected chi connectivity index (χ3v) is 2.79. The first-order valence-electron chi connectivity index (χ1n) is 5.58. The molecule has 3 N–H and O–H groups in total. The molecule has 0 unspecified atom stereocenters. The number of aliphatic hydroxyl groups is 2. The maximum absolute atomic E-state index is 13.3. The number of benzene rings is 1. The molecule has 1 rings (SSSR count). The minimum atomic E-state index is -2.08. The van der Waals surface area contributed by atoms with Gasteiger partial charge in [0, 0.05) is 12.0 Å². The first-order chi connectivity index (χ1) is 9.25. The van der Waals surface area contributed by atoms with E-state index in [9.17, 15) is 22.4 Å². The second-order valence-corrected chi connectivity index (χ2v) is 4.66. The summed E-state index contributed by atoms with van der Waals surface area (Å²) in [7, 11) is 0. The standard InChI is InChI=1S/C12H13F4NO3/c1-12(4-18,5-19)3-17-11(20)6-2-7(13)9(15)10(16)8(6)14/h2,18-19H,3-5H2,1H3,(H,17,20). The summed E-state index contributed by atoms with van der Waals surface area (Å²) in [6.07, 6.45) is 0. The van der Waals surface area contributed by atoms with Crippen LogP contribution in [0.2, 0.25) is 0 Å². The van der Waals surface area contributed by atoms with Crippen LogP contribution in [0, 0.1) is 28.7 Å². The van der Waals surface area contributed by atoms with Crippen LogP contribution in [0.15, 0.2) is 6.07 Å². The second-order valence-electron chi connectivity index (χ2n) is 4.66. The molecule has 4 nitrogen and oxygen atoms in total. The van der Waals surface area contributed by atoms with E-state index in [-0.39, 0.29) is 12.6 Å². The predicted molar refractivity (Wildman–Crippen MR) is 60.9 cm³/mol. The number of halogens is 4. The van der Waals surface area contributed by atoms with E-state index in [0.29, 0.717) is 0 Å². The Morgan fingerprint density at radius 2 is 1.70 bits per heavy atom. The molecule has 8 heteroatoms. The summed E-state index contributed by atoms with van der Waals surface area (Å²) in [6.45, 7) is 0.213. The molecule has 0 fully saturated rings. The zero-order valence-corrected chi connectivity index (χ0v) is 10.5. The summed E-state index contributed by atoms with van der Waals surface area (Å²) in [5.74, 6) is -8.78. The van der Waals surface area contributed by atoms with Gasteiger partial charge in [0.05, 0.1) is 18.8 Å². The van der Waals surface area contributed by atoms with E-state index in [1.165, 1.54) is 6.92 Å². The van der Waals surface area contributed by atoms with Crippen molar-refractivity contribution >= 4 is 5.91 Å².